The van der Waals surface area contributed by atoms with Gasteiger partial charge in [0, 0.05) is 11.6 Å². The van der Waals surface area contributed by atoms with Gasteiger partial charge in [-0.1, -0.05) is 11.8 Å². The van der Waals surface area contributed by atoms with Crippen LogP contribution in [0.2, 0.25) is 0 Å². The Labute approximate surface area is 113 Å². The molecule has 1 aliphatic heterocycles. The van der Waals surface area contributed by atoms with E-state index in [9.17, 15) is 9.50 Å². The Kier molecular flexibility index (Phi) is 2.71. The summed E-state index contributed by atoms with van der Waals surface area (Å²) in [5.41, 5.74) is 6.46. The third-order valence-electron chi connectivity index (χ3n) is 3.16. The Morgan fingerprint density at radius 2 is 2.10 bits per heavy atom. The van der Waals surface area contributed by atoms with Crippen molar-refractivity contribution in [2.75, 3.05) is 0 Å². The predicted octanol–water partition coefficient (Wildman–Crippen LogP) is -3.60. The lowest BCUT2D eigenvalue weighted by atomic mass is 10.1. The first-order valence-electron chi connectivity index (χ1n) is 6.01. The first-order valence-corrected chi connectivity index (χ1v) is 6.01. The Morgan fingerprint density at radius 1 is 1.30 bits per heavy atom. The summed E-state index contributed by atoms with van der Waals surface area (Å²) >= 11 is 0. The minimum atomic E-state index is -0.595. The molecule has 1 atom stereocenters. The zero-order valence-corrected chi connectivity index (χ0v) is 10.4. The van der Waals surface area contributed by atoms with Crippen molar-refractivity contribution in [2.24, 2.45) is 10.7 Å². The standard InChI is InChI=1S/C14H11FN4O/c15-8-2-4-12(20)9(6-8)14-18-10-3-1-7(13(16)17)5-11(10)19-14/h1-6,14,20H,(H3,16,17)/p+1. The number of nitrogens with zero attached hydrogens (tertiary/aromatic N) is 1. The number of rotatable bonds is 2. The molecule has 3 rings (SSSR count). The van der Waals surface area contributed by atoms with Crippen molar-refractivity contribution in [1.82, 2.24) is 0 Å². The molecule has 100 valence electrons. The molecule has 20 heavy (non-hydrogen) atoms. The summed E-state index contributed by atoms with van der Waals surface area (Å²) in [4.78, 5) is 7.43. The third kappa shape index (κ3) is 2.01. The predicted molar refractivity (Wildman–Crippen MR) is 66.1 cm³/mol. The van der Waals surface area contributed by atoms with Crippen LogP contribution in [-0.2, 0) is 0 Å². The van der Waals surface area contributed by atoms with E-state index < -0.39 is 12.0 Å². The fraction of sp³-hybridized carbons (Fsp3) is 0.0714. The third-order valence-corrected chi connectivity index (χ3v) is 3.16. The lowest BCUT2D eigenvalue weighted by molar-refractivity contribution is -0.542. The monoisotopic (exact) mass is 271 g/mol. The number of amidine groups is 1. The summed E-state index contributed by atoms with van der Waals surface area (Å²) in [6, 6.07) is 8.78. The van der Waals surface area contributed by atoms with Gasteiger partial charge in [0.05, 0.1) is 5.56 Å². The van der Waals surface area contributed by atoms with Crippen molar-refractivity contribution in [1.29, 1.82) is 0 Å². The molecule has 0 aromatic heterocycles. The first-order chi connectivity index (χ1) is 9.54. The molecule has 5 N–H and O–H groups in total. The smallest absolute Gasteiger partial charge is 0.271 e. The van der Waals surface area contributed by atoms with E-state index in [4.69, 9.17) is 11.1 Å². The van der Waals surface area contributed by atoms with Gasteiger partial charge in [-0.2, -0.15) is 0 Å². The van der Waals surface area contributed by atoms with E-state index in [-0.39, 0.29) is 17.1 Å². The number of hydrogen-bond acceptors (Lipinski definition) is 2. The van der Waals surface area contributed by atoms with Crippen molar-refractivity contribution < 1.29 is 19.9 Å². The highest BCUT2D eigenvalue weighted by Gasteiger charge is 2.20. The molecule has 5 nitrogen and oxygen atoms in total. The average Bonchev–Trinajstić information content (AvgIpc) is 2.83. The normalized spacial score (nSPS) is 16.1. The van der Waals surface area contributed by atoms with E-state index in [1.54, 1.807) is 18.2 Å². The van der Waals surface area contributed by atoms with Gasteiger partial charge in [0.15, 0.2) is 0 Å². The van der Waals surface area contributed by atoms with E-state index in [0.717, 1.165) is 11.4 Å². The lowest BCUT2D eigenvalue weighted by Gasteiger charge is -2.11. The van der Waals surface area contributed by atoms with Crippen molar-refractivity contribution in [3.63, 3.8) is 0 Å². The van der Waals surface area contributed by atoms with Crippen molar-refractivity contribution in [3.05, 3.63) is 64.1 Å². The molecule has 2 aromatic carbocycles. The topological polar surface area (TPSA) is 101 Å². The fourth-order valence-corrected chi connectivity index (χ4v) is 2.14. The highest BCUT2D eigenvalue weighted by molar-refractivity contribution is 5.92. The SMILES string of the molecule is NC(=[NH2+])c1ccc2c(c1)=NC(c1cc(F)ccc1[O-])[NH+]=2. The van der Waals surface area contributed by atoms with Crippen LogP contribution in [0.25, 0.3) is 0 Å². The van der Waals surface area contributed by atoms with Crippen LogP contribution in [0.4, 0.5) is 4.39 Å². The van der Waals surface area contributed by atoms with Gasteiger partial charge in [-0.25, -0.2) is 14.4 Å². The number of nitrogens with two attached hydrogens (primary N) is 2. The molecular weight excluding hydrogens is 259 g/mol. The summed E-state index contributed by atoms with van der Waals surface area (Å²) in [6.07, 6.45) is -0.595. The number of nitrogens with one attached hydrogen (secondary N) is 1. The summed E-state index contributed by atoms with van der Waals surface area (Å²) in [5.74, 6) is -0.528. The van der Waals surface area contributed by atoms with Crippen LogP contribution in [0.3, 0.4) is 0 Å². The number of halogens is 1. The van der Waals surface area contributed by atoms with Crippen molar-refractivity contribution >= 4 is 5.84 Å². The number of fused-ring (bicyclic) bond motifs is 1. The average molecular weight is 271 g/mol. The second kappa shape index (κ2) is 4.41. The first kappa shape index (κ1) is 12.3. The van der Waals surface area contributed by atoms with E-state index in [1.165, 1.54) is 12.1 Å². The Morgan fingerprint density at radius 3 is 2.85 bits per heavy atom. The van der Waals surface area contributed by atoms with Crippen molar-refractivity contribution in [2.45, 2.75) is 6.17 Å². The lowest BCUT2D eigenvalue weighted by Crippen LogP contribution is -2.76. The summed E-state index contributed by atoms with van der Waals surface area (Å²) in [5, 5.41) is 18.7. The molecule has 6 heteroatoms. The highest BCUT2D eigenvalue weighted by atomic mass is 19.1. The highest BCUT2D eigenvalue weighted by Crippen LogP contribution is 2.20. The summed E-state index contributed by atoms with van der Waals surface area (Å²) < 4.78 is 13.3. The molecule has 2 aromatic rings. The molecule has 1 aliphatic rings. The second-order valence-electron chi connectivity index (χ2n) is 4.55. The van der Waals surface area contributed by atoms with Crippen LogP contribution in [0.1, 0.15) is 17.3 Å². The number of benzene rings is 2. The molecule has 0 spiro atoms. The van der Waals surface area contributed by atoms with Crippen LogP contribution >= 0.6 is 0 Å². The molecule has 0 aliphatic carbocycles. The van der Waals surface area contributed by atoms with Crippen LogP contribution in [0.15, 0.2) is 41.4 Å². The molecule has 0 radical (unpaired) electrons. The minimum absolute atomic E-state index is 0.196. The molecule has 1 unspecified atom stereocenters. The van der Waals surface area contributed by atoms with Gasteiger partial charge in [-0.3, -0.25) is 11.1 Å². The van der Waals surface area contributed by atoms with Gasteiger partial charge in [-0.05, 0) is 24.3 Å². The van der Waals surface area contributed by atoms with Gasteiger partial charge >= 0.3 is 0 Å². The zero-order valence-electron chi connectivity index (χ0n) is 10.4. The van der Waals surface area contributed by atoms with Gasteiger partial charge < -0.3 is 5.11 Å². The van der Waals surface area contributed by atoms with Crippen LogP contribution < -0.4 is 32.0 Å². The fourth-order valence-electron chi connectivity index (χ4n) is 2.14. The Hall–Kier alpha value is -2.76. The van der Waals surface area contributed by atoms with Gasteiger partial charge in [0.25, 0.3) is 12.0 Å². The molecule has 1 heterocycles. The summed E-state index contributed by atoms with van der Waals surface area (Å²) in [7, 11) is 0. The maximum absolute atomic E-state index is 13.3. The van der Waals surface area contributed by atoms with E-state index in [2.05, 4.69) is 9.98 Å². The van der Waals surface area contributed by atoms with Gasteiger partial charge in [0.2, 0.25) is 5.36 Å². The Balaban J connectivity index is 2.11. The van der Waals surface area contributed by atoms with E-state index >= 15 is 0 Å². The molecule has 0 bridgehead atoms. The van der Waals surface area contributed by atoms with Crippen molar-refractivity contribution in [3.8, 4) is 5.75 Å². The number of hydrogen-bond donors (Lipinski definition) is 3. The second-order valence-corrected chi connectivity index (χ2v) is 4.55. The molecule has 0 saturated heterocycles. The molecule has 0 amide bonds. The maximum Gasteiger partial charge on any atom is 0.271 e. The molecule has 0 saturated carbocycles. The largest absolute Gasteiger partial charge is 0.872 e. The van der Waals surface area contributed by atoms with Crippen LogP contribution in [-0.4, -0.2) is 5.84 Å². The quantitative estimate of drug-likeness (QED) is 0.388. The van der Waals surface area contributed by atoms with E-state index in [1.807, 2.05) is 0 Å². The van der Waals surface area contributed by atoms with Gasteiger partial charge in [0.1, 0.15) is 11.2 Å². The molecular formula is C14H12FN4O+. The van der Waals surface area contributed by atoms with Crippen LogP contribution in [0.5, 0.6) is 5.75 Å². The van der Waals surface area contributed by atoms with Gasteiger partial charge in [-0.15, -0.1) is 0 Å². The molecule has 0 fully saturated rings. The van der Waals surface area contributed by atoms with E-state index in [0.29, 0.717) is 10.9 Å². The zero-order chi connectivity index (χ0) is 14.3. The summed E-state index contributed by atoms with van der Waals surface area (Å²) in [6.45, 7) is 0. The minimum Gasteiger partial charge on any atom is -0.872 e. The maximum atomic E-state index is 13.3. The Bertz CT molecular complexity index is 832. The van der Waals surface area contributed by atoms with Crippen LogP contribution in [0, 0.1) is 5.82 Å².